The number of hydrogen-bond acceptors (Lipinski definition) is 2. The van der Waals surface area contributed by atoms with Crippen molar-refractivity contribution in [3.05, 3.63) is 90.0 Å². The van der Waals surface area contributed by atoms with Gasteiger partial charge in [0, 0.05) is 12.4 Å². The number of carbonyl (C=O) groups excluding carboxylic acids is 1. The number of nitrogens with one attached hydrogen (secondary N) is 1. The van der Waals surface area contributed by atoms with Crippen LogP contribution in [0.3, 0.4) is 0 Å². The zero-order valence-corrected chi connectivity index (χ0v) is 11.4. The predicted octanol–water partition coefficient (Wildman–Crippen LogP) is 2.23. The molecule has 4 heteroatoms. The summed E-state index contributed by atoms with van der Waals surface area (Å²) in [4.78, 5) is 19.8. The summed E-state index contributed by atoms with van der Waals surface area (Å²) in [5, 5.41) is 0. The van der Waals surface area contributed by atoms with Gasteiger partial charge in [-0.3, -0.25) is 4.79 Å². The largest absolute Gasteiger partial charge is 0.368 e. The molecule has 0 saturated carbocycles. The lowest BCUT2D eigenvalue weighted by Crippen LogP contribution is -2.44. The van der Waals surface area contributed by atoms with Crippen LogP contribution in [0.1, 0.15) is 17.0 Å². The van der Waals surface area contributed by atoms with Crippen LogP contribution >= 0.6 is 0 Å². The number of hydrogen-bond donors (Lipinski definition) is 2. The van der Waals surface area contributed by atoms with E-state index in [1.807, 2.05) is 60.7 Å². The number of H-pyrrole nitrogens is 1. The van der Waals surface area contributed by atoms with Crippen molar-refractivity contribution in [2.45, 2.75) is 5.41 Å². The normalized spacial score (nSPS) is 11.2. The number of nitrogens with two attached hydrogens (primary N) is 1. The molecular weight excluding hydrogens is 262 g/mol. The Morgan fingerprint density at radius 2 is 1.48 bits per heavy atom. The topological polar surface area (TPSA) is 71.8 Å². The molecule has 1 amide bonds. The van der Waals surface area contributed by atoms with Crippen LogP contribution in [-0.2, 0) is 10.2 Å². The molecule has 0 radical (unpaired) electrons. The molecule has 0 aliphatic rings. The maximum atomic E-state index is 12.5. The van der Waals surface area contributed by atoms with Gasteiger partial charge < -0.3 is 10.7 Å². The molecule has 3 aromatic rings. The van der Waals surface area contributed by atoms with E-state index in [1.165, 1.54) is 0 Å². The third-order valence-electron chi connectivity index (χ3n) is 3.64. The van der Waals surface area contributed by atoms with E-state index >= 15 is 0 Å². The number of primary amides is 1. The molecular formula is C17H15N3O. The number of carbonyl (C=O) groups is 1. The molecule has 104 valence electrons. The molecule has 21 heavy (non-hydrogen) atoms. The van der Waals surface area contributed by atoms with Gasteiger partial charge in [0.15, 0.2) is 5.41 Å². The highest BCUT2D eigenvalue weighted by Gasteiger charge is 2.44. The highest BCUT2D eigenvalue weighted by atomic mass is 16.1. The van der Waals surface area contributed by atoms with E-state index in [4.69, 9.17) is 5.73 Å². The summed E-state index contributed by atoms with van der Waals surface area (Å²) in [7, 11) is 0. The Morgan fingerprint density at radius 1 is 0.952 bits per heavy atom. The van der Waals surface area contributed by atoms with Crippen molar-refractivity contribution in [1.82, 2.24) is 9.97 Å². The van der Waals surface area contributed by atoms with Crippen molar-refractivity contribution in [2.75, 3.05) is 0 Å². The van der Waals surface area contributed by atoms with Gasteiger partial charge in [0.1, 0.15) is 5.82 Å². The fourth-order valence-electron chi connectivity index (χ4n) is 2.69. The van der Waals surface area contributed by atoms with Crippen molar-refractivity contribution in [1.29, 1.82) is 0 Å². The number of imidazole rings is 1. The third-order valence-corrected chi connectivity index (χ3v) is 3.64. The van der Waals surface area contributed by atoms with Crippen LogP contribution in [0.15, 0.2) is 73.1 Å². The molecule has 0 bridgehead atoms. The standard InChI is InChI=1S/C17H15N3O/c18-15(21)17(16-19-11-12-20-16,13-7-3-1-4-8-13)14-9-5-2-6-10-14/h1-12H,(H2,18,21)(H,19,20). The molecule has 0 atom stereocenters. The Hall–Kier alpha value is -2.88. The van der Waals surface area contributed by atoms with E-state index < -0.39 is 11.3 Å². The van der Waals surface area contributed by atoms with E-state index in [-0.39, 0.29) is 0 Å². The molecule has 3 rings (SSSR count). The van der Waals surface area contributed by atoms with Crippen molar-refractivity contribution in [3.8, 4) is 0 Å². The van der Waals surface area contributed by atoms with Crippen LogP contribution in [0.25, 0.3) is 0 Å². The van der Waals surface area contributed by atoms with Gasteiger partial charge in [-0.2, -0.15) is 0 Å². The van der Waals surface area contributed by atoms with E-state index in [0.29, 0.717) is 5.82 Å². The van der Waals surface area contributed by atoms with Crippen LogP contribution in [0.5, 0.6) is 0 Å². The molecule has 1 aromatic heterocycles. The second-order valence-corrected chi connectivity index (χ2v) is 4.78. The summed E-state index contributed by atoms with van der Waals surface area (Å²) in [6.07, 6.45) is 3.32. The summed E-state index contributed by atoms with van der Waals surface area (Å²) in [5.41, 5.74) is 6.29. The van der Waals surface area contributed by atoms with Crippen LogP contribution in [0.2, 0.25) is 0 Å². The lowest BCUT2D eigenvalue weighted by molar-refractivity contribution is -0.121. The molecule has 0 fully saturated rings. The molecule has 1 heterocycles. The molecule has 0 aliphatic heterocycles. The fourth-order valence-corrected chi connectivity index (χ4v) is 2.69. The van der Waals surface area contributed by atoms with Crippen LogP contribution < -0.4 is 5.73 Å². The van der Waals surface area contributed by atoms with Crippen LogP contribution in [0.4, 0.5) is 0 Å². The first-order chi connectivity index (χ1) is 10.3. The van der Waals surface area contributed by atoms with Crippen LogP contribution in [-0.4, -0.2) is 15.9 Å². The van der Waals surface area contributed by atoms with Gasteiger partial charge in [-0.25, -0.2) is 4.98 Å². The van der Waals surface area contributed by atoms with Crippen molar-refractivity contribution < 1.29 is 4.79 Å². The first-order valence-electron chi connectivity index (χ1n) is 6.67. The minimum absolute atomic E-state index is 0.463. The number of aromatic nitrogens is 2. The summed E-state index contributed by atoms with van der Waals surface area (Å²) in [5.74, 6) is 0.0576. The SMILES string of the molecule is NC(=O)C(c1ccccc1)(c1ccccc1)c1ncc[nH]1. The monoisotopic (exact) mass is 277 g/mol. The van der Waals surface area contributed by atoms with Crippen molar-refractivity contribution >= 4 is 5.91 Å². The number of aromatic amines is 1. The van der Waals surface area contributed by atoms with Gasteiger partial charge >= 0.3 is 0 Å². The minimum atomic E-state index is -1.12. The molecule has 2 aromatic carbocycles. The molecule has 0 saturated heterocycles. The van der Waals surface area contributed by atoms with Gasteiger partial charge in [-0.05, 0) is 11.1 Å². The highest BCUT2D eigenvalue weighted by molar-refractivity contribution is 5.94. The van der Waals surface area contributed by atoms with Gasteiger partial charge in [0.25, 0.3) is 0 Å². The summed E-state index contributed by atoms with van der Waals surface area (Å²) < 4.78 is 0. The Balaban J connectivity index is 2.36. The van der Waals surface area contributed by atoms with Crippen molar-refractivity contribution in [3.63, 3.8) is 0 Å². The number of benzene rings is 2. The molecule has 0 spiro atoms. The van der Waals surface area contributed by atoms with E-state index in [9.17, 15) is 4.79 Å². The molecule has 3 N–H and O–H groups in total. The quantitative estimate of drug-likeness (QED) is 0.767. The van der Waals surface area contributed by atoms with Gasteiger partial charge in [0.05, 0.1) is 0 Å². The van der Waals surface area contributed by atoms with Gasteiger partial charge in [-0.1, -0.05) is 60.7 Å². The second-order valence-electron chi connectivity index (χ2n) is 4.78. The minimum Gasteiger partial charge on any atom is -0.368 e. The van der Waals surface area contributed by atoms with Crippen molar-refractivity contribution in [2.24, 2.45) is 5.73 Å². The lowest BCUT2D eigenvalue weighted by atomic mass is 9.73. The number of rotatable bonds is 4. The highest BCUT2D eigenvalue weighted by Crippen LogP contribution is 2.36. The Bertz CT molecular complexity index is 682. The van der Waals surface area contributed by atoms with Gasteiger partial charge in [-0.15, -0.1) is 0 Å². The smallest absolute Gasteiger partial charge is 0.240 e. The van der Waals surface area contributed by atoms with E-state index in [2.05, 4.69) is 9.97 Å². The zero-order valence-electron chi connectivity index (χ0n) is 11.4. The predicted molar refractivity (Wildman–Crippen MR) is 80.5 cm³/mol. The molecule has 0 aliphatic carbocycles. The Labute approximate surface area is 122 Å². The lowest BCUT2D eigenvalue weighted by Gasteiger charge is -2.29. The number of nitrogens with zero attached hydrogens (tertiary/aromatic N) is 1. The van der Waals surface area contributed by atoms with Gasteiger partial charge in [0.2, 0.25) is 5.91 Å². The van der Waals surface area contributed by atoms with Crippen LogP contribution in [0, 0.1) is 0 Å². The number of amides is 1. The molecule has 0 unspecified atom stereocenters. The summed E-state index contributed by atoms with van der Waals surface area (Å²) in [6, 6.07) is 18.9. The van der Waals surface area contributed by atoms with E-state index in [0.717, 1.165) is 11.1 Å². The Morgan fingerprint density at radius 3 is 1.86 bits per heavy atom. The maximum Gasteiger partial charge on any atom is 0.240 e. The molecule has 4 nitrogen and oxygen atoms in total. The maximum absolute atomic E-state index is 12.5. The summed E-state index contributed by atoms with van der Waals surface area (Å²) >= 11 is 0. The zero-order chi connectivity index (χ0) is 14.7. The second kappa shape index (κ2) is 5.25. The first-order valence-corrected chi connectivity index (χ1v) is 6.67. The third kappa shape index (κ3) is 2.01. The average Bonchev–Trinajstić information content (AvgIpc) is 3.04. The Kier molecular flexibility index (Phi) is 3.28. The first kappa shape index (κ1) is 13.1. The average molecular weight is 277 g/mol. The summed E-state index contributed by atoms with van der Waals surface area (Å²) in [6.45, 7) is 0. The van der Waals surface area contributed by atoms with E-state index in [1.54, 1.807) is 12.4 Å². The fraction of sp³-hybridized carbons (Fsp3) is 0.0588.